The Morgan fingerprint density at radius 3 is 2.31 bits per heavy atom. The highest BCUT2D eigenvalue weighted by atomic mass is 16.5. The van der Waals surface area contributed by atoms with Gasteiger partial charge in [0.2, 0.25) is 5.88 Å². The zero-order valence-corrected chi connectivity index (χ0v) is 15.5. The Morgan fingerprint density at radius 2 is 1.45 bits per heavy atom. The van der Waals surface area contributed by atoms with Crippen LogP contribution in [0.1, 0.15) is 0 Å². The number of benzene rings is 2. The number of hydrogen-bond acceptors (Lipinski definition) is 4. The van der Waals surface area contributed by atoms with Crippen LogP contribution in [0.3, 0.4) is 0 Å². The van der Waals surface area contributed by atoms with Crippen LogP contribution in [0.4, 0.5) is 0 Å². The summed E-state index contributed by atoms with van der Waals surface area (Å²) in [5.74, 6) is 2.62. The van der Waals surface area contributed by atoms with Crippen LogP contribution in [0.25, 0.3) is 16.8 Å². The highest BCUT2D eigenvalue weighted by Crippen LogP contribution is 2.31. The molecular formula is C24H17N3O2. The number of pyridine rings is 2. The molecule has 140 valence electrons. The van der Waals surface area contributed by atoms with Gasteiger partial charge in [0, 0.05) is 30.1 Å². The highest BCUT2D eigenvalue weighted by Gasteiger charge is 2.08. The smallest absolute Gasteiger partial charge is 0.219 e. The monoisotopic (exact) mass is 379 g/mol. The number of ether oxygens (including phenoxy) is 2. The largest absolute Gasteiger partial charge is 0.457 e. The molecule has 5 rings (SSSR count). The summed E-state index contributed by atoms with van der Waals surface area (Å²) >= 11 is 0. The van der Waals surface area contributed by atoms with E-state index in [9.17, 15) is 0 Å². The maximum Gasteiger partial charge on any atom is 0.219 e. The van der Waals surface area contributed by atoms with Gasteiger partial charge in [-0.1, -0.05) is 30.3 Å². The van der Waals surface area contributed by atoms with Crippen LogP contribution in [0.5, 0.6) is 23.1 Å². The fraction of sp³-hybridized carbons (Fsp3) is 0. The van der Waals surface area contributed by atoms with Crippen LogP contribution < -0.4 is 9.47 Å². The molecule has 0 aliphatic carbocycles. The summed E-state index contributed by atoms with van der Waals surface area (Å²) in [4.78, 5) is 8.74. The summed E-state index contributed by atoms with van der Waals surface area (Å²) in [5.41, 5.74) is 2.97. The standard InChI is InChI=1S/C24H17N3O2/c1-3-13-25-23(12-1)29-21-10-6-9-20(16-21)28-19-8-5-7-18(15-19)24-22-11-2-4-14-27(22)17-26-24/h1-17H. The van der Waals surface area contributed by atoms with Crippen molar-refractivity contribution in [2.45, 2.75) is 0 Å². The molecule has 5 heteroatoms. The van der Waals surface area contributed by atoms with E-state index in [-0.39, 0.29) is 0 Å². The van der Waals surface area contributed by atoms with E-state index in [2.05, 4.69) is 9.97 Å². The first-order valence-electron chi connectivity index (χ1n) is 9.24. The van der Waals surface area contributed by atoms with Crippen LogP contribution in [0.2, 0.25) is 0 Å². The van der Waals surface area contributed by atoms with Gasteiger partial charge in [-0.3, -0.25) is 0 Å². The number of rotatable bonds is 5. The van der Waals surface area contributed by atoms with Gasteiger partial charge in [0.05, 0.1) is 17.5 Å². The second-order valence-electron chi connectivity index (χ2n) is 6.46. The van der Waals surface area contributed by atoms with Crippen molar-refractivity contribution in [3.8, 4) is 34.4 Å². The van der Waals surface area contributed by atoms with Gasteiger partial charge in [-0.15, -0.1) is 0 Å². The second-order valence-corrected chi connectivity index (χ2v) is 6.46. The second kappa shape index (κ2) is 7.48. The van der Waals surface area contributed by atoms with E-state index in [0.717, 1.165) is 22.5 Å². The SMILES string of the molecule is c1ccc(Oc2cccc(Oc3cccc(-c4ncn5ccccc45)c3)c2)nc1. The average Bonchev–Trinajstić information content (AvgIpc) is 3.19. The van der Waals surface area contributed by atoms with Gasteiger partial charge in [-0.2, -0.15) is 0 Å². The van der Waals surface area contributed by atoms with Crippen molar-refractivity contribution in [2.75, 3.05) is 0 Å². The Hall–Kier alpha value is -4.12. The van der Waals surface area contributed by atoms with Gasteiger partial charge in [0.1, 0.15) is 17.2 Å². The van der Waals surface area contributed by atoms with E-state index >= 15 is 0 Å². The minimum atomic E-state index is 0.540. The predicted molar refractivity (Wildman–Crippen MR) is 111 cm³/mol. The zero-order valence-electron chi connectivity index (χ0n) is 15.5. The third-order valence-electron chi connectivity index (χ3n) is 4.45. The van der Waals surface area contributed by atoms with Gasteiger partial charge >= 0.3 is 0 Å². The lowest BCUT2D eigenvalue weighted by atomic mass is 10.1. The van der Waals surface area contributed by atoms with Gasteiger partial charge < -0.3 is 13.9 Å². The lowest BCUT2D eigenvalue weighted by molar-refractivity contribution is 0.449. The van der Waals surface area contributed by atoms with Crippen molar-refractivity contribution in [3.05, 3.63) is 104 Å². The molecule has 0 N–H and O–H groups in total. The molecular weight excluding hydrogens is 362 g/mol. The fourth-order valence-corrected chi connectivity index (χ4v) is 3.14. The van der Waals surface area contributed by atoms with E-state index in [0.29, 0.717) is 17.4 Å². The third kappa shape index (κ3) is 3.66. The minimum Gasteiger partial charge on any atom is -0.457 e. The molecule has 0 saturated heterocycles. The van der Waals surface area contributed by atoms with E-state index in [4.69, 9.17) is 9.47 Å². The lowest BCUT2D eigenvalue weighted by Crippen LogP contribution is -1.89. The molecule has 3 heterocycles. The Kier molecular flexibility index (Phi) is 4.39. The van der Waals surface area contributed by atoms with Gasteiger partial charge in [0.25, 0.3) is 0 Å². The van der Waals surface area contributed by atoms with E-state index < -0.39 is 0 Å². The summed E-state index contributed by atoms with van der Waals surface area (Å²) in [6.07, 6.45) is 5.50. The Balaban J connectivity index is 1.40. The molecule has 0 saturated carbocycles. The molecule has 0 atom stereocenters. The van der Waals surface area contributed by atoms with Crippen LogP contribution in [0, 0.1) is 0 Å². The predicted octanol–water partition coefficient (Wildman–Crippen LogP) is 5.98. The molecule has 0 fully saturated rings. The quantitative estimate of drug-likeness (QED) is 0.377. The normalized spacial score (nSPS) is 10.8. The molecule has 29 heavy (non-hydrogen) atoms. The molecule has 0 aliphatic rings. The van der Waals surface area contributed by atoms with Crippen LogP contribution >= 0.6 is 0 Å². The maximum absolute atomic E-state index is 6.07. The molecule has 0 bridgehead atoms. The van der Waals surface area contributed by atoms with E-state index in [1.807, 2.05) is 102 Å². The van der Waals surface area contributed by atoms with Crippen molar-refractivity contribution in [2.24, 2.45) is 0 Å². The van der Waals surface area contributed by atoms with Crippen molar-refractivity contribution < 1.29 is 9.47 Å². The molecule has 0 unspecified atom stereocenters. The Bertz CT molecular complexity index is 1270. The number of imidazole rings is 1. The first kappa shape index (κ1) is 17.0. The molecule has 0 spiro atoms. The fourth-order valence-electron chi connectivity index (χ4n) is 3.14. The first-order valence-corrected chi connectivity index (χ1v) is 9.24. The van der Waals surface area contributed by atoms with Crippen molar-refractivity contribution in [1.29, 1.82) is 0 Å². The highest BCUT2D eigenvalue weighted by molar-refractivity contribution is 5.77. The molecule has 0 radical (unpaired) electrons. The molecule has 0 amide bonds. The summed E-state index contributed by atoms with van der Waals surface area (Å²) in [7, 11) is 0. The van der Waals surface area contributed by atoms with Crippen molar-refractivity contribution in [3.63, 3.8) is 0 Å². The van der Waals surface area contributed by atoms with Crippen molar-refractivity contribution >= 4 is 5.52 Å². The van der Waals surface area contributed by atoms with E-state index in [1.165, 1.54) is 0 Å². The van der Waals surface area contributed by atoms with Crippen LogP contribution in [-0.4, -0.2) is 14.4 Å². The molecule has 2 aromatic carbocycles. The summed E-state index contributed by atoms with van der Waals surface area (Å²) in [6.45, 7) is 0. The van der Waals surface area contributed by atoms with Crippen molar-refractivity contribution in [1.82, 2.24) is 14.4 Å². The molecule has 0 aliphatic heterocycles. The van der Waals surface area contributed by atoms with Crippen LogP contribution in [-0.2, 0) is 0 Å². The number of aromatic nitrogens is 3. The van der Waals surface area contributed by atoms with Gasteiger partial charge in [-0.05, 0) is 42.5 Å². The summed E-state index contributed by atoms with van der Waals surface area (Å²) in [6, 6.07) is 27.0. The number of hydrogen-bond donors (Lipinski definition) is 0. The third-order valence-corrected chi connectivity index (χ3v) is 4.45. The molecule has 5 aromatic rings. The summed E-state index contributed by atoms with van der Waals surface area (Å²) in [5, 5.41) is 0. The van der Waals surface area contributed by atoms with E-state index in [1.54, 1.807) is 6.20 Å². The topological polar surface area (TPSA) is 48.7 Å². The average molecular weight is 379 g/mol. The van der Waals surface area contributed by atoms with Gasteiger partial charge in [-0.25, -0.2) is 9.97 Å². The lowest BCUT2D eigenvalue weighted by Gasteiger charge is -2.09. The Labute approximate surface area is 167 Å². The Morgan fingerprint density at radius 1 is 0.655 bits per heavy atom. The summed E-state index contributed by atoms with van der Waals surface area (Å²) < 4.78 is 13.9. The number of fused-ring (bicyclic) bond motifs is 1. The van der Waals surface area contributed by atoms with Crippen LogP contribution in [0.15, 0.2) is 104 Å². The molecule has 3 aromatic heterocycles. The minimum absolute atomic E-state index is 0.540. The number of nitrogens with zero attached hydrogens (tertiary/aromatic N) is 3. The maximum atomic E-state index is 6.07. The first-order chi connectivity index (χ1) is 14.3. The zero-order chi connectivity index (χ0) is 19.5. The van der Waals surface area contributed by atoms with Gasteiger partial charge in [0.15, 0.2) is 0 Å². The molecule has 5 nitrogen and oxygen atoms in total.